The molecule has 27 heavy (non-hydrogen) atoms. The lowest BCUT2D eigenvalue weighted by Crippen LogP contribution is -2.05. The average Bonchev–Trinajstić information content (AvgIpc) is 3.07. The molecule has 4 aromatic rings. The van der Waals surface area contributed by atoms with Gasteiger partial charge in [0.2, 0.25) is 5.88 Å². The Labute approximate surface area is 151 Å². The highest BCUT2D eigenvalue weighted by Gasteiger charge is 2.31. The summed E-state index contributed by atoms with van der Waals surface area (Å²) in [5.74, 6) is 1.07. The second kappa shape index (κ2) is 6.35. The lowest BCUT2D eigenvalue weighted by molar-refractivity contribution is -0.137. The van der Waals surface area contributed by atoms with Gasteiger partial charge in [-0.1, -0.05) is 6.07 Å². The molecule has 6 nitrogen and oxygen atoms in total. The van der Waals surface area contributed by atoms with Gasteiger partial charge in [-0.2, -0.15) is 13.2 Å². The Hall–Kier alpha value is -3.49. The lowest BCUT2D eigenvalue weighted by atomic mass is 10.2. The number of halogens is 3. The van der Waals surface area contributed by atoms with Crippen molar-refractivity contribution in [3.05, 3.63) is 60.6 Å². The maximum absolute atomic E-state index is 13.1. The van der Waals surface area contributed by atoms with E-state index in [1.54, 1.807) is 29.0 Å². The zero-order chi connectivity index (χ0) is 19.0. The first-order valence-corrected chi connectivity index (χ1v) is 7.85. The number of imidazole rings is 1. The first-order chi connectivity index (χ1) is 13.0. The van der Waals surface area contributed by atoms with Gasteiger partial charge in [-0.25, -0.2) is 15.0 Å². The highest BCUT2D eigenvalue weighted by molar-refractivity contribution is 5.83. The number of fused-ring (bicyclic) bond motifs is 1. The standard InChI is InChI=1S/C18H12F3N5O/c1-27-16-10-23-15(9-24-16)26-14-6-5-11(18(19,20)21)8-13(14)25-17(26)12-4-2-3-7-22-12/h2-10H,1H3. The Kier molecular flexibility index (Phi) is 3.98. The molecule has 0 saturated carbocycles. The van der Waals surface area contributed by atoms with E-state index in [-0.39, 0.29) is 5.52 Å². The van der Waals surface area contributed by atoms with Gasteiger partial charge in [0.15, 0.2) is 11.6 Å². The van der Waals surface area contributed by atoms with Crippen LogP contribution < -0.4 is 4.74 Å². The van der Waals surface area contributed by atoms with Crippen molar-refractivity contribution in [2.45, 2.75) is 6.18 Å². The summed E-state index contributed by atoms with van der Waals surface area (Å²) in [5.41, 5.74) is 0.374. The second-order valence-electron chi connectivity index (χ2n) is 5.60. The van der Waals surface area contributed by atoms with Crippen molar-refractivity contribution in [3.63, 3.8) is 0 Å². The average molecular weight is 371 g/mol. The molecule has 0 spiro atoms. The number of methoxy groups -OCH3 is 1. The highest BCUT2D eigenvalue weighted by atomic mass is 19.4. The van der Waals surface area contributed by atoms with E-state index in [1.807, 2.05) is 0 Å². The largest absolute Gasteiger partial charge is 0.480 e. The summed E-state index contributed by atoms with van der Waals surface area (Å²) >= 11 is 0. The fourth-order valence-electron chi connectivity index (χ4n) is 2.69. The Balaban J connectivity index is 1.98. The van der Waals surface area contributed by atoms with Crippen molar-refractivity contribution in [2.75, 3.05) is 7.11 Å². The smallest absolute Gasteiger partial charge is 0.416 e. The Bertz CT molecular complexity index is 1090. The van der Waals surface area contributed by atoms with E-state index in [9.17, 15) is 13.2 Å². The number of rotatable bonds is 3. The van der Waals surface area contributed by atoms with E-state index in [4.69, 9.17) is 4.74 Å². The van der Waals surface area contributed by atoms with Crippen LogP contribution in [0.25, 0.3) is 28.4 Å². The number of alkyl halides is 3. The van der Waals surface area contributed by atoms with Gasteiger partial charge in [0.05, 0.1) is 36.1 Å². The molecule has 0 saturated heterocycles. The maximum atomic E-state index is 13.1. The van der Waals surface area contributed by atoms with Crippen LogP contribution in [0.2, 0.25) is 0 Å². The second-order valence-corrected chi connectivity index (χ2v) is 5.60. The van der Waals surface area contributed by atoms with E-state index < -0.39 is 11.7 Å². The van der Waals surface area contributed by atoms with Gasteiger partial charge in [-0.15, -0.1) is 0 Å². The Morgan fingerprint density at radius 1 is 1.00 bits per heavy atom. The van der Waals surface area contributed by atoms with E-state index >= 15 is 0 Å². The van der Waals surface area contributed by atoms with Crippen LogP contribution in [0.5, 0.6) is 5.88 Å². The Morgan fingerprint density at radius 3 is 2.48 bits per heavy atom. The molecule has 0 fully saturated rings. The maximum Gasteiger partial charge on any atom is 0.416 e. The molecule has 0 atom stereocenters. The molecular formula is C18H12F3N5O. The normalized spacial score (nSPS) is 11.7. The van der Waals surface area contributed by atoms with Crippen LogP contribution in [0.4, 0.5) is 13.2 Å². The van der Waals surface area contributed by atoms with Crippen LogP contribution in [0, 0.1) is 0 Å². The number of ether oxygens (including phenoxy) is 1. The molecule has 3 aromatic heterocycles. The van der Waals surface area contributed by atoms with Gasteiger partial charge in [0, 0.05) is 6.20 Å². The summed E-state index contributed by atoms with van der Waals surface area (Å²) in [6.07, 6.45) is 0.0143. The van der Waals surface area contributed by atoms with E-state index in [0.29, 0.717) is 28.7 Å². The molecule has 0 aliphatic heterocycles. The van der Waals surface area contributed by atoms with Gasteiger partial charge < -0.3 is 4.74 Å². The first kappa shape index (κ1) is 17.0. The van der Waals surface area contributed by atoms with Gasteiger partial charge in [0.25, 0.3) is 0 Å². The number of pyridine rings is 1. The van der Waals surface area contributed by atoms with E-state index in [0.717, 1.165) is 12.1 Å². The van der Waals surface area contributed by atoms with E-state index in [2.05, 4.69) is 19.9 Å². The van der Waals surface area contributed by atoms with Crippen molar-refractivity contribution in [3.8, 4) is 23.2 Å². The molecule has 0 unspecified atom stereocenters. The summed E-state index contributed by atoms with van der Waals surface area (Å²) in [5, 5.41) is 0. The summed E-state index contributed by atoms with van der Waals surface area (Å²) in [7, 11) is 1.47. The topological polar surface area (TPSA) is 65.7 Å². The minimum atomic E-state index is -4.46. The predicted octanol–water partition coefficient (Wildman–Crippen LogP) is 3.90. The third-order valence-corrected chi connectivity index (χ3v) is 3.93. The third-order valence-electron chi connectivity index (χ3n) is 3.93. The SMILES string of the molecule is COc1cnc(-n2c(-c3ccccn3)nc3cc(C(F)(F)F)ccc32)cn1. The molecule has 9 heteroatoms. The fraction of sp³-hybridized carbons (Fsp3) is 0.111. The summed E-state index contributed by atoms with van der Waals surface area (Å²) in [6, 6.07) is 8.62. The molecule has 0 aliphatic carbocycles. The number of benzene rings is 1. The molecule has 0 N–H and O–H groups in total. The van der Waals surface area contributed by atoms with Crippen molar-refractivity contribution in [1.82, 2.24) is 24.5 Å². The van der Waals surface area contributed by atoms with Crippen molar-refractivity contribution < 1.29 is 17.9 Å². The summed E-state index contributed by atoms with van der Waals surface area (Å²) < 4.78 is 45.8. The summed E-state index contributed by atoms with van der Waals surface area (Å²) in [4.78, 5) is 17.0. The fourth-order valence-corrected chi connectivity index (χ4v) is 2.69. The van der Waals surface area contributed by atoms with Crippen LogP contribution in [-0.4, -0.2) is 31.6 Å². The zero-order valence-electron chi connectivity index (χ0n) is 14.0. The van der Waals surface area contributed by atoms with Gasteiger partial charge in [-0.05, 0) is 30.3 Å². The minimum absolute atomic E-state index is 0.183. The number of hydrogen-bond acceptors (Lipinski definition) is 5. The Morgan fingerprint density at radius 2 is 1.85 bits per heavy atom. The highest BCUT2D eigenvalue weighted by Crippen LogP contribution is 2.33. The van der Waals surface area contributed by atoms with Gasteiger partial charge in [0.1, 0.15) is 5.69 Å². The minimum Gasteiger partial charge on any atom is -0.480 e. The number of nitrogens with zero attached hydrogens (tertiary/aromatic N) is 5. The molecule has 3 heterocycles. The van der Waals surface area contributed by atoms with Crippen LogP contribution in [0.15, 0.2) is 55.0 Å². The van der Waals surface area contributed by atoms with Crippen molar-refractivity contribution in [2.24, 2.45) is 0 Å². The van der Waals surface area contributed by atoms with Crippen LogP contribution in [0.1, 0.15) is 5.56 Å². The lowest BCUT2D eigenvalue weighted by Gasteiger charge is -2.09. The predicted molar refractivity (Wildman–Crippen MR) is 91.4 cm³/mol. The molecule has 136 valence electrons. The summed E-state index contributed by atoms with van der Waals surface area (Å²) in [6.45, 7) is 0. The first-order valence-electron chi connectivity index (χ1n) is 7.85. The van der Waals surface area contributed by atoms with Crippen LogP contribution in [-0.2, 0) is 6.18 Å². The zero-order valence-corrected chi connectivity index (χ0v) is 14.0. The van der Waals surface area contributed by atoms with Gasteiger partial charge >= 0.3 is 6.18 Å². The van der Waals surface area contributed by atoms with Crippen molar-refractivity contribution in [1.29, 1.82) is 0 Å². The molecule has 1 aromatic carbocycles. The molecule has 0 amide bonds. The molecule has 0 aliphatic rings. The van der Waals surface area contributed by atoms with Crippen LogP contribution in [0.3, 0.4) is 0 Å². The molecule has 0 bridgehead atoms. The molecule has 0 radical (unpaired) electrons. The number of hydrogen-bond donors (Lipinski definition) is 0. The van der Waals surface area contributed by atoms with Gasteiger partial charge in [-0.3, -0.25) is 9.55 Å². The molecular weight excluding hydrogens is 359 g/mol. The molecule has 4 rings (SSSR count). The van der Waals surface area contributed by atoms with Crippen LogP contribution >= 0.6 is 0 Å². The van der Waals surface area contributed by atoms with E-state index in [1.165, 1.54) is 25.6 Å². The monoisotopic (exact) mass is 371 g/mol. The van der Waals surface area contributed by atoms with Crippen molar-refractivity contribution >= 4 is 11.0 Å². The number of aromatic nitrogens is 5. The quantitative estimate of drug-likeness (QED) is 0.546. The third kappa shape index (κ3) is 3.07.